The maximum Gasteiger partial charge on any atom is 0.126 e. The van der Waals surface area contributed by atoms with Crippen LogP contribution in [0.2, 0.25) is 5.02 Å². The van der Waals surface area contributed by atoms with Gasteiger partial charge in [-0.3, -0.25) is 0 Å². The summed E-state index contributed by atoms with van der Waals surface area (Å²) >= 11 is 8.19. The molecule has 1 aromatic carbocycles. The second-order valence-corrected chi connectivity index (χ2v) is 7.46. The van der Waals surface area contributed by atoms with Crippen molar-refractivity contribution in [3.8, 4) is 5.75 Å². The van der Waals surface area contributed by atoms with E-state index in [2.05, 4.69) is 0 Å². The highest BCUT2D eigenvalue weighted by Crippen LogP contribution is 2.34. The van der Waals surface area contributed by atoms with E-state index in [-0.39, 0.29) is 6.10 Å². The molecular formula is C16H21ClO2S. The molecular weight excluding hydrogens is 292 g/mol. The molecule has 1 saturated heterocycles. The smallest absolute Gasteiger partial charge is 0.126 e. The molecule has 1 aromatic rings. The fourth-order valence-corrected chi connectivity index (χ4v) is 4.67. The molecule has 2 heterocycles. The number of rotatable bonds is 4. The third kappa shape index (κ3) is 3.44. The molecule has 20 heavy (non-hydrogen) atoms. The van der Waals surface area contributed by atoms with Crippen molar-refractivity contribution >= 4 is 23.4 Å². The van der Waals surface area contributed by atoms with Crippen molar-refractivity contribution < 1.29 is 9.84 Å². The second-order valence-electron chi connectivity index (χ2n) is 5.80. The van der Waals surface area contributed by atoms with E-state index in [1.165, 1.54) is 29.9 Å². The van der Waals surface area contributed by atoms with Gasteiger partial charge in [-0.2, -0.15) is 11.8 Å². The SMILES string of the molecule is OC(Cc1cc(Cl)cc2c1OCC2)CC1CCSCC1. The summed E-state index contributed by atoms with van der Waals surface area (Å²) in [5.74, 6) is 4.13. The number of hydrogen-bond acceptors (Lipinski definition) is 3. The van der Waals surface area contributed by atoms with Crippen molar-refractivity contribution in [2.45, 2.75) is 38.2 Å². The minimum Gasteiger partial charge on any atom is -0.493 e. The third-order valence-corrected chi connectivity index (χ3v) is 5.49. The van der Waals surface area contributed by atoms with Crippen molar-refractivity contribution in [2.24, 2.45) is 5.92 Å². The first-order chi connectivity index (χ1) is 9.72. The lowest BCUT2D eigenvalue weighted by Gasteiger charge is -2.24. The first-order valence-corrected chi connectivity index (χ1v) is 8.95. The maximum absolute atomic E-state index is 10.4. The molecule has 1 fully saturated rings. The zero-order valence-electron chi connectivity index (χ0n) is 11.6. The Hall–Kier alpha value is -0.380. The third-order valence-electron chi connectivity index (χ3n) is 4.23. The summed E-state index contributed by atoms with van der Waals surface area (Å²) in [7, 11) is 0. The number of ether oxygens (including phenoxy) is 1. The fourth-order valence-electron chi connectivity index (χ4n) is 3.20. The van der Waals surface area contributed by atoms with E-state index in [1.807, 2.05) is 23.9 Å². The normalized spacial score (nSPS) is 20.5. The van der Waals surface area contributed by atoms with Gasteiger partial charge in [0, 0.05) is 17.9 Å². The second kappa shape index (κ2) is 6.59. The lowest BCUT2D eigenvalue weighted by Crippen LogP contribution is -2.19. The van der Waals surface area contributed by atoms with Crippen LogP contribution in [0.4, 0.5) is 0 Å². The average molecular weight is 313 g/mol. The molecule has 0 saturated carbocycles. The lowest BCUT2D eigenvalue weighted by atomic mass is 9.92. The van der Waals surface area contributed by atoms with Gasteiger partial charge in [0.15, 0.2) is 0 Å². The van der Waals surface area contributed by atoms with Crippen LogP contribution in [0.3, 0.4) is 0 Å². The Morgan fingerprint density at radius 2 is 2.15 bits per heavy atom. The Morgan fingerprint density at radius 1 is 1.35 bits per heavy atom. The molecule has 2 nitrogen and oxygen atoms in total. The number of aliphatic hydroxyl groups excluding tert-OH is 1. The summed E-state index contributed by atoms with van der Waals surface area (Å²) in [6.07, 6.45) is 4.69. The Labute approximate surface area is 129 Å². The van der Waals surface area contributed by atoms with E-state index in [1.54, 1.807) is 0 Å². The molecule has 2 aliphatic heterocycles. The number of aliphatic hydroxyl groups is 1. The summed E-state index contributed by atoms with van der Waals surface area (Å²) in [4.78, 5) is 0. The molecule has 0 spiro atoms. The van der Waals surface area contributed by atoms with E-state index < -0.39 is 0 Å². The number of halogens is 1. The average Bonchev–Trinajstić information content (AvgIpc) is 2.88. The van der Waals surface area contributed by atoms with Crippen LogP contribution in [-0.2, 0) is 12.8 Å². The van der Waals surface area contributed by atoms with Gasteiger partial charge in [0.25, 0.3) is 0 Å². The zero-order chi connectivity index (χ0) is 13.9. The van der Waals surface area contributed by atoms with Gasteiger partial charge in [-0.25, -0.2) is 0 Å². The standard InChI is InChI=1S/C16H21ClO2S/c17-14-8-12-1-4-19-16(12)13(9-14)10-15(18)7-11-2-5-20-6-3-11/h8-9,11,15,18H,1-7,10H2. The molecule has 0 aliphatic carbocycles. The largest absolute Gasteiger partial charge is 0.493 e. The molecule has 1 N–H and O–H groups in total. The summed E-state index contributed by atoms with van der Waals surface area (Å²) in [5.41, 5.74) is 2.26. The monoisotopic (exact) mass is 312 g/mol. The molecule has 0 aromatic heterocycles. The van der Waals surface area contributed by atoms with Gasteiger partial charge in [-0.15, -0.1) is 0 Å². The van der Waals surface area contributed by atoms with Crippen molar-refractivity contribution in [1.82, 2.24) is 0 Å². The van der Waals surface area contributed by atoms with Crippen molar-refractivity contribution in [3.05, 3.63) is 28.3 Å². The van der Waals surface area contributed by atoms with Crippen molar-refractivity contribution in [1.29, 1.82) is 0 Å². The zero-order valence-corrected chi connectivity index (χ0v) is 13.2. The van der Waals surface area contributed by atoms with Crippen LogP contribution in [0.15, 0.2) is 12.1 Å². The van der Waals surface area contributed by atoms with Crippen LogP contribution in [0.1, 0.15) is 30.4 Å². The van der Waals surface area contributed by atoms with Gasteiger partial charge in [-0.05, 0) is 59.9 Å². The van der Waals surface area contributed by atoms with Crippen LogP contribution in [-0.4, -0.2) is 29.3 Å². The summed E-state index contributed by atoms with van der Waals surface area (Å²) in [6, 6.07) is 3.93. The number of thioether (sulfide) groups is 1. The van der Waals surface area contributed by atoms with Gasteiger partial charge in [0.2, 0.25) is 0 Å². The molecule has 0 radical (unpaired) electrons. The Kier molecular flexibility index (Phi) is 4.79. The van der Waals surface area contributed by atoms with Crippen molar-refractivity contribution in [2.75, 3.05) is 18.1 Å². The van der Waals surface area contributed by atoms with Crippen LogP contribution in [0.25, 0.3) is 0 Å². The molecule has 4 heteroatoms. The van der Waals surface area contributed by atoms with Crippen molar-refractivity contribution in [3.63, 3.8) is 0 Å². The number of fused-ring (bicyclic) bond motifs is 1. The Bertz CT molecular complexity index is 472. The number of benzene rings is 1. The van der Waals surface area contributed by atoms with Crippen LogP contribution in [0.5, 0.6) is 5.75 Å². The van der Waals surface area contributed by atoms with Crippen LogP contribution >= 0.6 is 23.4 Å². The van der Waals surface area contributed by atoms with Gasteiger partial charge in [0.1, 0.15) is 5.75 Å². The van der Waals surface area contributed by atoms with Gasteiger partial charge >= 0.3 is 0 Å². The first kappa shape index (κ1) is 14.6. The highest BCUT2D eigenvalue weighted by molar-refractivity contribution is 7.99. The molecule has 0 amide bonds. The lowest BCUT2D eigenvalue weighted by molar-refractivity contribution is 0.138. The van der Waals surface area contributed by atoms with E-state index in [9.17, 15) is 5.11 Å². The summed E-state index contributed by atoms with van der Waals surface area (Å²) in [5, 5.41) is 11.1. The minimum atomic E-state index is -0.283. The quantitative estimate of drug-likeness (QED) is 0.919. The predicted octanol–water partition coefficient (Wildman–Crippen LogP) is 3.71. The molecule has 110 valence electrons. The van der Waals surface area contributed by atoms with Crippen LogP contribution in [0, 0.1) is 5.92 Å². The molecule has 0 bridgehead atoms. The van der Waals surface area contributed by atoms with Gasteiger partial charge in [0.05, 0.1) is 12.7 Å². The van der Waals surface area contributed by atoms with E-state index in [4.69, 9.17) is 16.3 Å². The summed E-state index contributed by atoms with van der Waals surface area (Å²) in [6.45, 7) is 0.735. The van der Waals surface area contributed by atoms with E-state index >= 15 is 0 Å². The summed E-state index contributed by atoms with van der Waals surface area (Å²) < 4.78 is 5.70. The highest BCUT2D eigenvalue weighted by Gasteiger charge is 2.22. The molecule has 1 atom stereocenters. The van der Waals surface area contributed by atoms with Crippen LogP contribution < -0.4 is 4.74 Å². The Balaban J connectivity index is 1.65. The number of hydrogen-bond donors (Lipinski definition) is 1. The topological polar surface area (TPSA) is 29.5 Å². The van der Waals surface area contributed by atoms with Gasteiger partial charge < -0.3 is 9.84 Å². The fraction of sp³-hybridized carbons (Fsp3) is 0.625. The maximum atomic E-state index is 10.4. The molecule has 1 unspecified atom stereocenters. The first-order valence-electron chi connectivity index (χ1n) is 7.42. The Morgan fingerprint density at radius 3 is 2.95 bits per heavy atom. The molecule has 3 rings (SSSR count). The highest BCUT2D eigenvalue weighted by atomic mass is 35.5. The van der Waals surface area contributed by atoms with E-state index in [0.717, 1.165) is 35.8 Å². The predicted molar refractivity (Wildman–Crippen MR) is 85.0 cm³/mol. The molecule has 2 aliphatic rings. The van der Waals surface area contributed by atoms with Gasteiger partial charge in [-0.1, -0.05) is 11.6 Å². The minimum absolute atomic E-state index is 0.283. The van der Waals surface area contributed by atoms with E-state index in [0.29, 0.717) is 12.3 Å².